The monoisotopic (exact) mass is 293 g/mol. The van der Waals surface area contributed by atoms with Crippen molar-refractivity contribution in [1.29, 1.82) is 0 Å². The zero-order chi connectivity index (χ0) is 13.9. The van der Waals surface area contributed by atoms with Gasteiger partial charge in [0.1, 0.15) is 18.2 Å². The molecule has 20 heavy (non-hydrogen) atoms. The molecule has 1 aromatic heterocycles. The van der Waals surface area contributed by atoms with Crippen molar-refractivity contribution in [2.24, 2.45) is 0 Å². The molecule has 1 N–H and O–H groups in total. The minimum atomic E-state index is -0.146. The van der Waals surface area contributed by atoms with Gasteiger partial charge in [-0.1, -0.05) is 17.7 Å². The molecule has 6 heteroatoms. The van der Waals surface area contributed by atoms with E-state index in [-0.39, 0.29) is 6.61 Å². The van der Waals surface area contributed by atoms with Crippen LogP contribution in [0.2, 0.25) is 5.02 Å². The standard InChI is InChI=1S/C14H16ClN3O2/c15-11-4-3-5-12(10(11)8-19)20-9-14-17-16-13-6-1-2-7-18(13)14/h3-5,19H,1-2,6-9H2. The highest BCUT2D eigenvalue weighted by Crippen LogP contribution is 2.27. The average molecular weight is 294 g/mol. The van der Waals surface area contributed by atoms with Crippen LogP contribution in [0.5, 0.6) is 5.75 Å². The second kappa shape index (κ2) is 5.81. The van der Waals surface area contributed by atoms with Crippen molar-refractivity contribution in [2.75, 3.05) is 0 Å². The molecule has 0 amide bonds. The van der Waals surface area contributed by atoms with Gasteiger partial charge in [-0.25, -0.2) is 0 Å². The summed E-state index contributed by atoms with van der Waals surface area (Å²) >= 11 is 6.03. The zero-order valence-corrected chi connectivity index (χ0v) is 11.8. The number of rotatable bonds is 4. The molecule has 5 nitrogen and oxygen atoms in total. The van der Waals surface area contributed by atoms with E-state index in [0.717, 1.165) is 31.0 Å². The predicted molar refractivity (Wildman–Crippen MR) is 74.7 cm³/mol. The lowest BCUT2D eigenvalue weighted by molar-refractivity contribution is 0.252. The number of aryl methyl sites for hydroxylation is 1. The first kappa shape index (κ1) is 13.4. The molecule has 0 spiro atoms. The Hall–Kier alpha value is -1.59. The molecule has 106 valence electrons. The second-order valence-electron chi connectivity index (χ2n) is 4.80. The predicted octanol–water partition coefficient (Wildman–Crippen LogP) is 2.34. The highest BCUT2D eigenvalue weighted by atomic mass is 35.5. The van der Waals surface area contributed by atoms with Crippen molar-refractivity contribution in [3.05, 3.63) is 40.4 Å². The fourth-order valence-corrected chi connectivity index (χ4v) is 2.67. The third-order valence-corrected chi connectivity index (χ3v) is 3.88. The molecule has 0 saturated carbocycles. The van der Waals surface area contributed by atoms with Crippen molar-refractivity contribution in [1.82, 2.24) is 14.8 Å². The maximum absolute atomic E-state index is 9.35. The van der Waals surface area contributed by atoms with Crippen LogP contribution in [0.4, 0.5) is 0 Å². The van der Waals surface area contributed by atoms with Crippen LogP contribution >= 0.6 is 11.6 Å². The molecule has 1 aliphatic rings. The quantitative estimate of drug-likeness (QED) is 0.940. The summed E-state index contributed by atoms with van der Waals surface area (Å²) in [5.74, 6) is 2.44. The third-order valence-electron chi connectivity index (χ3n) is 3.53. The normalized spacial score (nSPS) is 14.1. The zero-order valence-electron chi connectivity index (χ0n) is 11.0. The number of nitrogens with zero attached hydrogens (tertiary/aromatic N) is 3. The smallest absolute Gasteiger partial charge is 0.171 e. The lowest BCUT2D eigenvalue weighted by Crippen LogP contribution is -2.14. The summed E-state index contributed by atoms with van der Waals surface area (Å²) < 4.78 is 7.87. The van der Waals surface area contributed by atoms with Crippen molar-refractivity contribution < 1.29 is 9.84 Å². The van der Waals surface area contributed by atoms with Crippen LogP contribution < -0.4 is 4.74 Å². The molecule has 0 saturated heterocycles. The number of fused-ring (bicyclic) bond motifs is 1. The van der Waals surface area contributed by atoms with Crippen LogP contribution in [-0.2, 0) is 26.2 Å². The van der Waals surface area contributed by atoms with Crippen LogP contribution in [0, 0.1) is 0 Å². The number of aliphatic hydroxyl groups is 1. The number of ether oxygens (including phenoxy) is 1. The number of benzene rings is 1. The first-order chi connectivity index (χ1) is 9.79. The van der Waals surface area contributed by atoms with Gasteiger partial charge in [-0.2, -0.15) is 0 Å². The van der Waals surface area contributed by atoms with Crippen molar-refractivity contribution in [2.45, 2.75) is 39.0 Å². The number of hydrogen-bond acceptors (Lipinski definition) is 4. The Labute approximate surface area is 122 Å². The van der Waals surface area contributed by atoms with Gasteiger partial charge in [0.15, 0.2) is 5.82 Å². The third kappa shape index (κ3) is 2.51. The molecular weight excluding hydrogens is 278 g/mol. The molecule has 0 bridgehead atoms. The summed E-state index contributed by atoms with van der Waals surface area (Å²) in [6.45, 7) is 1.14. The van der Waals surface area contributed by atoms with Gasteiger partial charge in [0, 0.05) is 23.6 Å². The minimum Gasteiger partial charge on any atom is -0.485 e. The first-order valence-electron chi connectivity index (χ1n) is 6.71. The van der Waals surface area contributed by atoms with Crippen LogP contribution in [0.25, 0.3) is 0 Å². The van der Waals surface area contributed by atoms with E-state index in [0.29, 0.717) is 22.9 Å². The fourth-order valence-electron chi connectivity index (χ4n) is 2.45. The van der Waals surface area contributed by atoms with E-state index >= 15 is 0 Å². The van der Waals surface area contributed by atoms with Gasteiger partial charge in [0.05, 0.1) is 6.61 Å². The number of hydrogen-bond donors (Lipinski definition) is 1. The molecule has 0 atom stereocenters. The summed E-state index contributed by atoms with van der Waals surface area (Å²) in [4.78, 5) is 0. The Morgan fingerprint density at radius 1 is 1.30 bits per heavy atom. The van der Waals surface area contributed by atoms with E-state index in [1.54, 1.807) is 18.2 Å². The van der Waals surface area contributed by atoms with E-state index in [1.165, 1.54) is 6.42 Å². The number of aliphatic hydroxyl groups excluding tert-OH is 1. The van der Waals surface area contributed by atoms with E-state index in [1.807, 2.05) is 0 Å². The van der Waals surface area contributed by atoms with Crippen LogP contribution in [-0.4, -0.2) is 19.9 Å². The van der Waals surface area contributed by atoms with Crippen LogP contribution in [0.1, 0.15) is 30.1 Å². The summed E-state index contributed by atoms with van der Waals surface area (Å²) in [6.07, 6.45) is 3.30. The van der Waals surface area contributed by atoms with Gasteiger partial charge >= 0.3 is 0 Å². The molecule has 1 aliphatic heterocycles. The molecular formula is C14H16ClN3O2. The molecule has 0 fully saturated rings. The average Bonchev–Trinajstić information content (AvgIpc) is 2.88. The first-order valence-corrected chi connectivity index (χ1v) is 7.09. The van der Waals surface area contributed by atoms with E-state index < -0.39 is 0 Å². The van der Waals surface area contributed by atoms with Crippen molar-refractivity contribution >= 4 is 11.6 Å². The summed E-state index contributed by atoms with van der Waals surface area (Å²) in [5, 5.41) is 18.2. The molecule has 0 unspecified atom stereocenters. The molecule has 1 aromatic carbocycles. The Balaban J connectivity index is 1.77. The van der Waals surface area contributed by atoms with Gasteiger partial charge in [-0.05, 0) is 25.0 Å². The summed E-state index contributed by atoms with van der Waals surface area (Å²) in [7, 11) is 0. The topological polar surface area (TPSA) is 60.2 Å². The van der Waals surface area contributed by atoms with Gasteiger partial charge in [0.2, 0.25) is 0 Å². The maximum atomic E-state index is 9.35. The second-order valence-corrected chi connectivity index (χ2v) is 5.21. The number of aromatic nitrogens is 3. The highest BCUT2D eigenvalue weighted by Gasteiger charge is 2.16. The Bertz CT molecular complexity index is 612. The fraction of sp³-hybridized carbons (Fsp3) is 0.429. The van der Waals surface area contributed by atoms with Crippen molar-refractivity contribution in [3.8, 4) is 5.75 Å². The van der Waals surface area contributed by atoms with E-state index in [9.17, 15) is 5.11 Å². The van der Waals surface area contributed by atoms with Crippen molar-refractivity contribution in [3.63, 3.8) is 0 Å². The molecule has 0 aliphatic carbocycles. The lowest BCUT2D eigenvalue weighted by Gasteiger charge is -2.15. The highest BCUT2D eigenvalue weighted by molar-refractivity contribution is 6.31. The SMILES string of the molecule is OCc1c(Cl)cccc1OCc1nnc2n1CCCC2. The summed E-state index contributed by atoms with van der Waals surface area (Å²) in [6, 6.07) is 5.33. The molecule has 3 rings (SSSR count). The minimum absolute atomic E-state index is 0.146. The van der Waals surface area contributed by atoms with E-state index in [4.69, 9.17) is 16.3 Å². The largest absolute Gasteiger partial charge is 0.485 e. The Morgan fingerprint density at radius 2 is 2.20 bits per heavy atom. The van der Waals surface area contributed by atoms with Gasteiger partial charge in [-0.15, -0.1) is 10.2 Å². The lowest BCUT2D eigenvalue weighted by atomic mass is 10.2. The maximum Gasteiger partial charge on any atom is 0.171 e. The van der Waals surface area contributed by atoms with Gasteiger partial charge < -0.3 is 14.4 Å². The van der Waals surface area contributed by atoms with E-state index in [2.05, 4.69) is 14.8 Å². The Kier molecular flexibility index (Phi) is 3.89. The van der Waals surface area contributed by atoms with Gasteiger partial charge in [-0.3, -0.25) is 0 Å². The molecule has 0 radical (unpaired) electrons. The van der Waals surface area contributed by atoms with Crippen LogP contribution in [0.15, 0.2) is 18.2 Å². The van der Waals surface area contributed by atoms with Gasteiger partial charge in [0.25, 0.3) is 0 Å². The van der Waals surface area contributed by atoms with Crippen LogP contribution in [0.3, 0.4) is 0 Å². The Morgan fingerprint density at radius 3 is 3.05 bits per heavy atom. The molecule has 2 heterocycles. The summed E-state index contributed by atoms with van der Waals surface area (Å²) in [5.41, 5.74) is 0.604. The number of halogens is 1. The molecule has 2 aromatic rings.